The lowest BCUT2D eigenvalue weighted by atomic mass is 10.1. The quantitative estimate of drug-likeness (QED) is 0.470. The van der Waals surface area contributed by atoms with Gasteiger partial charge in [-0.05, 0) is 45.0 Å². The average molecular weight is 442 g/mol. The van der Waals surface area contributed by atoms with Gasteiger partial charge in [-0.15, -0.1) is 0 Å². The van der Waals surface area contributed by atoms with E-state index in [1.165, 1.54) is 12.1 Å². The number of benzene rings is 2. The number of hydrogen-bond donors (Lipinski definition) is 1. The van der Waals surface area contributed by atoms with Crippen LogP contribution in [-0.2, 0) is 18.3 Å². The van der Waals surface area contributed by atoms with Gasteiger partial charge in [0.05, 0.1) is 18.3 Å². The van der Waals surface area contributed by atoms with Crippen LogP contribution >= 0.6 is 0 Å². The summed E-state index contributed by atoms with van der Waals surface area (Å²) in [7, 11) is 1.83. The van der Waals surface area contributed by atoms with Crippen LogP contribution in [-0.4, -0.2) is 51.7 Å². The molecular weight excluding hydrogens is 409 g/mol. The van der Waals surface area contributed by atoms with Crippen molar-refractivity contribution in [1.29, 1.82) is 0 Å². The first-order valence-corrected chi connectivity index (χ1v) is 10.9. The molecule has 1 atom stereocenters. The normalized spacial score (nSPS) is 12.5. The lowest BCUT2D eigenvalue weighted by Crippen LogP contribution is -2.39. The smallest absolute Gasteiger partial charge is 0.222 e. The second kappa shape index (κ2) is 11.2. The molecule has 0 radical (unpaired) electrons. The highest BCUT2D eigenvalue weighted by Gasteiger charge is 2.24. The maximum absolute atomic E-state index is 13.4. The monoisotopic (exact) mass is 441 g/mol. The van der Waals surface area contributed by atoms with E-state index in [1.807, 2.05) is 44.3 Å². The van der Waals surface area contributed by atoms with Gasteiger partial charge in [-0.3, -0.25) is 4.90 Å². The van der Waals surface area contributed by atoms with Crippen molar-refractivity contribution < 1.29 is 19.0 Å². The second-order valence-corrected chi connectivity index (χ2v) is 8.01. The lowest BCUT2D eigenvalue weighted by molar-refractivity contribution is 0.0132. The molecule has 1 heterocycles. The Kier molecular flexibility index (Phi) is 8.39. The largest absolute Gasteiger partial charge is 0.439 e. The molecule has 0 bridgehead atoms. The molecule has 6 nitrogen and oxygen atoms in total. The Morgan fingerprint density at radius 2 is 1.78 bits per heavy atom. The van der Waals surface area contributed by atoms with E-state index in [4.69, 9.17) is 14.6 Å². The summed E-state index contributed by atoms with van der Waals surface area (Å²) in [6.45, 7) is 7.92. The molecule has 1 aromatic heterocycles. The predicted molar refractivity (Wildman–Crippen MR) is 123 cm³/mol. The molecule has 32 heavy (non-hydrogen) atoms. The maximum Gasteiger partial charge on any atom is 0.222 e. The summed E-state index contributed by atoms with van der Waals surface area (Å²) in [5, 5.41) is 15.2. The third-order valence-electron chi connectivity index (χ3n) is 5.21. The van der Waals surface area contributed by atoms with Crippen molar-refractivity contribution in [3.05, 3.63) is 66.0 Å². The van der Waals surface area contributed by atoms with E-state index in [9.17, 15) is 9.50 Å². The van der Waals surface area contributed by atoms with Crippen molar-refractivity contribution in [2.75, 3.05) is 19.8 Å². The summed E-state index contributed by atoms with van der Waals surface area (Å²) in [6.07, 6.45) is -0.601. The highest BCUT2D eigenvalue weighted by atomic mass is 19.1. The molecule has 3 aromatic rings. The average Bonchev–Trinajstić information content (AvgIpc) is 3.09. The molecule has 2 aromatic carbocycles. The minimum Gasteiger partial charge on any atom is -0.439 e. The maximum atomic E-state index is 13.4. The van der Waals surface area contributed by atoms with Gasteiger partial charge in [0.2, 0.25) is 5.88 Å². The molecule has 172 valence electrons. The summed E-state index contributed by atoms with van der Waals surface area (Å²) in [4.78, 5) is 2.17. The van der Waals surface area contributed by atoms with Gasteiger partial charge in [-0.1, -0.05) is 30.3 Å². The SMILES string of the molecule is CCOC[C@@H](O)CN(Cc1c(-c2ccccc2)nn(C)c1Oc1ccc(F)cc1)C(C)C. The highest BCUT2D eigenvalue weighted by Crippen LogP contribution is 2.34. The number of nitrogens with zero attached hydrogens (tertiary/aromatic N) is 3. The first-order valence-electron chi connectivity index (χ1n) is 10.9. The number of aliphatic hydroxyl groups is 1. The Morgan fingerprint density at radius 3 is 2.41 bits per heavy atom. The van der Waals surface area contributed by atoms with Gasteiger partial charge in [-0.2, -0.15) is 5.10 Å². The zero-order chi connectivity index (χ0) is 23.1. The summed E-state index contributed by atoms with van der Waals surface area (Å²) in [5.41, 5.74) is 2.70. The summed E-state index contributed by atoms with van der Waals surface area (Å²) < 4.78 is 26.6. The Labute approximate surface area is 189 Å². The van der Waals surface area contributed by atoms with Gasteiger partial charge in [0, 0.05) is 38.3 Å². The van der Waals surface area contributed by atoms with Crippen LogP contribution in [0, 0.1) is 5.82 Å². The first kappa shape index (κ1) is 23.9. The molecule has 0 saturated carbocycles. The molecule has 0 aliphatic heterocycles. The van der Waals surface area contributed by atoms with E-state index in [-0.39, 0.29) is 18.5 Å². The summed E-state index contributed by atoms with van der Waals surface area (Å²) in [6, 6.07) is 16.0. The van der Waals surface area contributed by atoms with Crippen molar-refractivity contribution in [3.63, 3.8) is 0 Å². The molecule has 0 spiro atoms. The van der Waals surface area contributed by atoms with E-state index in [0.29, 0.717) is 31.3 Å². The fraction of sp³-hybridized carbons (Fsp3) is 0.400. The minimum absolute atomic E-state index is 0.175. The van der Waals surface area contributed by atoms with Crippen LogP contribution in [0.5, 0.6) is 11.6 Å². The number of aromatic nitrogens is 2. The Morgan fingerprint density at radius 1 is 1.09 bits per heavy atom. The molecule has 0 fully saturated rings. The van der Waals surface area contributed by atoms with Crippen molar-refractivity contribution in [2.24, 2.45) is 7.05 Å². The number of aliphatic hydroxyl groups excluding tert-OH is 1. The third-order valence-corrected chi connectivity index (χ3v) is 5.21. The van der Waals surface area contributed by atoms with Crippen LogP contribution in [0.3, 0.4) is 0 Å². The van der Waals surface area contributed by atoms with Gasteiger partial charge in [-0.25, -0.2) is 9.07 Å². The van der Waals surface area contributed by atoms with Crippen LogP contribution in [0.15, 0.2) is 54.6 Å². The van der Waals surface area contributed by atoms with Crippen LogP contribution < -0.4 is 4.74 Å². The Balaban J connectivity index is 1.97. The Bertz CT molecular complexity index is 974. The van der Waals surface area contributed by atoms with Crippen LogP contribution in [0.2, 0.25) is 0 Å². The zero-order valence-electron chi connectivity index (χ0n) is 19.2. The number of rotatable bonds is 11. The molecule has 0 unspecified atom stereocenters. The van der Waals surface area contributed by atoms with Gasteiger partial charge in [0.15, 0.2) is 0 Å². The second-order valence-electron chi connectivity index (χ2n) is 8.01. The van der Waals surface area contributed by atoms with Gasteiger partial charge in [0.25, 0.3) is 0 Å². The van der Waals surface area contributed by atoms with Crippen LogP contribution in [0.4, 0.5) is 4.39 Å². The first-order chi connectivity index (χ1) is 15.4. The number of hydrogen-bond acceptors (Lipinski definition) is 5. The lowest BCUT2D eigenvalue weighted by Gasteiger charge is -2.29. The van der Waals surface area contributed by atoms with E-state index in [0.717, 1.165) is 16.8 Å². The fourth-order valence-corrected chi connectivity index (χ4v) is 3.50. The molecule has 1 N–H and O–H groups in total. The predicted octanol–water partition coefficient (Wildman–Crippen LogP) is 4.63. The van der Waals surface area contributed by atoms with Crippen molar-refractivity contribution >= 4 is 0 Å². The fourth-order valence-electron chi connectivity index (χ4n) is 3.50. The van der Waals surface area contributed by atoms with Crippen molar-refractivity contribution in [1.82, 2.24) is 14.7 Å². The third kappa shape index (κ3) is 6.16. The molecule has 3 rings (SSSR count). The topological polar surface area (TPSA) is 59.8 Å². The molecule has 0 amide bonds. The van der Waals surface area contributed by atoms with Crippen molar-refractivity contribution in [2.45, 2.75) is 39.5 Å². The molecule has 0 aliphatic rings. The van der Waals surface area contributed by atoms with E-state index in [2.05, 4.69) is 18.7 Å². The van der Waals surface area contributed by atoms with Crippen molar-refractivity contribution in [3.8, 4) is 22.9 Å². The van der Waals surface area contributed by atoms with Crippen LogP contribution in [0.1, 0.15) is 26.3 Å². The van der Waals surface area contributed by atoms with Crippen LogP contribution in [0.25, 0.3) is 11.3 Å². The Hall–Kier alpha value is -2.74. The minimum atomic E-state index is -0.601. The van der Waals surface area contributed by atoms with Gasteiger partial charge >= 0.3 is 0 Å². The van der Waals surface area contributed by atoms with Gasteiger partial charge < -0.3 is 14.6 Å². The molecular formula is C25H32FN3O3. The summed E-state index contributed by atoms with van der Waals surface area (Å²) >= 11 is 0. The number of aryl methyl sites for hydroxylation is 1. The number of halogens is 1. The number of ether oxygens (including phenoxy) is 2. The van der Waals surface area contributed by atoms with E-state index < -0.39 is 6.10 Å². The standard InChI is InChI=1S/C25H32FN3O3/c1-5-31-17-21(30)15-29(18(2)3)16-23-24(19-9-7-6-8-10-19)27-28(4)25(23)32-22-13-11-20(26)12-14-22/h6-14,18,21,30H,5,15-17H2,1-4H3/t21-/m0/s1. The van der Waals surface area contributed by atoms with E-state index in [1.54, 1.807) is 16.8 Å². The highest BCUT2D eigenvalue weighted by molar-refractivity contribution is 5.65. The summed E-state index contributed by atoms with van der Waals surface area (Å²) in [5.74, 6) is 0.796. The molecule has 7 heteroatoms. The molecule has 0 saturated heterocycles. The van der Waals surface area contributed by atoms with Gasteiger partial charge in [0.1, 0.15) is 17.3 Å². The zero-order valence-corrected chi connectivity index (χ0v) is 19.2. The van der Waals surface area contributed by atoms with E-state index >= 15 is 0 Å². The molecule has 0 aliphatic carbocycles.